The zero-order valence-electron chi connectivity index (χ0n) is 19.2. The highest BCUT2D eigenvalue weighted by molar-refractivity contribution is 5.99. The van der Waals surface area contributed by atoms with Gasteiger partial charge in [-0.3, -0.25) is 4.79 Å². The van der Waals surface area contributed by atoms with Crippen molar-refractivity contribution in [2.45, 2.75) is 57.5 Å². The van der Waals surface area contributed by atoms with Crippen LogP contribution in [0.25, 0.3) is 5.69 Å². The molecule has 10 heteroatoms. The number of nitrogens with one attached hydrogen (secondary N) is 2. The fourth-order valence-corrected chi connectivity index (χ4v) is 4.14. The molecule has 2 unspecified atom stereocenters. The molecule has 10 nitrogen and oxygen atoms in total. The summed E-state index contributed by atoms with van der Waals surface area (Å²) in [7, 11) is 0. The Kier molecular flexibility index (Phi) is 7.04. The molecule has 1 aliphatic carbocycles. The molecule has 2 aromatic heterocycles. The van der Waals surface area contributed by atoms with Gasteiger partial charge in [-0.15, -0.1) is 0 Å². The Hall–Kier alpha value is -3.97. The van der Waals surface area contributed by atoms with Crippen LogP contribution in [0.2, 0.25) is 0 Å². The maximum absolute atomic E-state index is 12.2. The van der Waals surface area contributed by atoms with Crippen molar-refractivity contribution in [3.05, 3.63) is 53.3 Å². The van der Waals surface area contributed by atoms with Crippen LogP contribution in [0.1, 0.15) is 60.6 Å². The van der Waals surface area contributed by atoms with Crippen LogP contribution in [0.4, 0.5) is 17.3 Å². The number of hydrogen-bond donors (Lipinski definition) is 4. The predicted molar refractivity (Wildman–Crippen MR) is 130 cm³/mol. The molecule has 176 valence electrons. The Morgan fingerprint density at radius 1 is 1.26 bits per heavy atom. The summed E-state index contributed by atoms with van der Waals surface area (Å²) < 4.78 is 0. The van der Waals surface area contributed by atoms with Gasteiger partial charge in [-0.05, 0) is 43.5 Å². The molecule has 6 N–H and O–H groups in total. The summed E-state index contributed by atoms with van der Waals surface area (Å²) in [5.41, 5.74) is 14.6. The molecule has 2 atom stereocenters. The lowest BCUT2D eigenvalue weighted by Gasteiger charge is -2.30. The Morgan fingerprint density at radius 3 is 2.82 bits per heavy atom. The number of aryl methyl sites for hydroxylation is 1. The number of rotatable bonds is 8. The Morgan fingerprint density at radius 2 is 2.09 bits per heavy atom. The number of anilines is 3. The molecule has 4 rings (SSSR count). The highest BCUT2D eigenvalue weighted by Gasteiger charge is 2.24. The monoisotopic (exact) mass is 459 g/mol. The fraction of sp³-hybridized carbons (Fsp3) is 0.375. The minimum atomic E-state index is -0.679. The van der Waals surface area contributed by atoms with Crippen LogP contribution in [-0.4, -0.2) is 38.0 Å². The van der Waals surface area contributed by atoms with Gasteiger partial charge in [0, 0.05) is 17.8 Å². The lowest BCUT2D eigenvalue weighted by atomic mass is 9.91. The van der Waals surface area contributed by atoms with Gasteiger partial charge in [-0.2, -0.15) is 20.3 Å². The number of aromatic nitrogens is 4. The Balaban J connectivity index is 1.65. The second kappa shape index (κ2) is 10.3. The number of amides is 1. The van der Waals surface area contributed by atoms with Crippen LogP contribution in [-0.2, 0) is 6.42 Å². The molecule has 1 amide bonds. The molecule has 0 aliphatic heterocycles. The molecule has 3 aromatic rings. The van der Waals surface area contributed by atoms with Gasteiger partial charge in [0.2, 0.25) is 0 Å². The standard InChI is InChI=1S/C24H29N9O/c1-2-6-17-14-28-33(32-17)18-8-5-7-16(12-18)29-24-19(22(27)34)11-15(13-25)23(31-24)30-21-10-4-3-9-20(21)26/h5,7-8,11-12,14,20-21H,2-4,6,9-10,26H2,1H3,(H2,27,34)(H2,29,30,31). The third-order valence-corrected chi connectivity index (χ3v) is 5.94. The number of pyridine rings is 1. The van der Waals surface area contributed by atoms with Crippen LogP contribution in [0.3, 0.4) is 0 Å². The van der Waals surface area contributed by atoms with Gasteiger partial charge >= 0.3 is 0 Å². The third kappa shape index (κ3) is 5.15. The Bertz CT molecular complexity index is 1210. The molecule has 34 heavy (non-hydrogen) atoms. The van der Waals surface area contributed by atoms with Crippen LogP contribution >= 0.6 is 0 Å². The first kappa shape index (κ1) is 23.2. The van der Waals surface area contributed by atoms with Gasteiger partial charge in [-0.25, -0.2) is 4.98 Å². The zero-order chi connectivity index (χ0) is 24.1. The van der Waals surface area contributed by atoms with E-state index in [9.17, 15) is 10.1 Å². The van der Waals surface area contributed by atoms with Crippen LogP contribution in [0.15, 0.2) is 36.5 Å². The predicted octanol–water partition coefficient (Wildman–Crippen LogP) is 3.01. The van der Waals surface area contributed by atoms with Crippen molar-refractivity contribution in [3.8, 4) is 11.8 Å². The summed E-state index contributed by atoms with van der Waals surface area (Å²) in [4.78, 5) is 18.3. The SMILES string of the molecule is CCCc1cnn(-c2cccc(Nc3nc(NC4CCCCC4N)c(C#N)cc3C(N)=O)c2)n1. The number of hydrogen-bond acceptors (Lipinski definition) is 8. The molecule has 0 spiro atoms. The first-order valence-electron chi connectivity index (χ1n) is 11.5. The highest BCUT2D eigenvalue weighted by atomic mass is 16.1. The van der Waals surface area contributed by atoms with Crippen molar-refractivity contribution in [3.63, 3.8) is 0 Å². The van der Waals surface area contributed by atoms with E-state index < -0.39 is 5.91 Å². The molecule has 2 heterocycles. The van der Waals surface area contributed by atoms with E-state index >= 15 is 0 Å². The van der Waals surface area contributed by atoms with E-state index in [0.29, 0.717) is 11.5 Å². The van der Waals surface area contributed by atoms with Gasteiger partial charge in [0.05, 0.1) is 28.7 Å². The zero-order valence-corrected chi connectivity index (χ0v) is 19.2. The van der Waals surface area contributed by atoms with Crippen molar-refractivity contribution >= 4 is 23.2 Å². The van der Waals surface area contributed by atoms with E-state index in [1.165, 1.54) is 6.07 Å². The van der Waals surface area contributed by atoms with E-state index in [2.05, 4.69) is 38.8 Å². The molecular formula is C24H29N9O. The van der Waals surface area contributed by atoms with Gasteiger partial charge in [0.15, 0.2) is 0 Å². The molecule has 1 fully saturated rings. The minimum Gasteiger partial charge on any atom is -0.365 e. The second-order valence-electron chi connectivity index (χ2n) is 8.51. The Labute approximate surface area is 198 Å². The number of benzene rings is 1. The highest BCUT2D eigenvalue weighted by Crippen LogP contribution is 2.28. The summed E-state index contributed by atoms with van der Waals surface area (Å²) in [6, 6.07) is 11.0. The molecule has 1 aliphatic rings. The average Bonchev–Trinajstić information content (AvgIpc) is 3.30. The maximum atomic E-state index is 12.2. The minimum absolute atomic E-state index is 0.00663. The van der Waals surface area contributed by atoms with Crippen LogP contribution < -0.4 is 22.1 Å². The lowest BCUT2D eigenvalue weighted by molar-refractivity contribution is 0.100. The molecule has 0 bridgehead atoms. The average molecular weight is 460 g/mol. The number of nitrogens with two attached hydrogens (primary N) is 2. The van der Waals surface area contributed by atoms with E-state index in [0.717, 1.165) is 49.9 Å². The number of primary amides is 1. The quantitative estimate of drug-likeness (QED) is 0.400. The van der Waals surface area contributed by atoms with Crippen LogP contribution in [0, 0.1) is 11.3 Å². The number of nitrogens with zero attached hydrogens (tertiary/aromatic N) is 5. The number of carbonyl (C=O) groups is 1. The summed E-state index contributed by atoms with van der Waals surface area (Å²) in [6.07, 6.45) is 7.56. The van der Waals surface area contributed by atoms with Crippen molar-refractivity contribution in [2.75, 3.05) is 10.6 Å². The van der Waals surface area contributed by atoms with E-state index in [1.54, 1.807) is 11.0 Å². The van der Waals surface area contributed by atoms with Gasteiger partial charge in [0.25, 0.3) is 5.91 Å². The summed E-state index contributed by atoms with van der Waals surface area (Å²) >= 11 is 0. The fourth-order valence-electron chi connectivity index (χ4n) is 4.14. The molecular weight excluding hydrogens is 430 g/mol. The topological polar surface area (TPSA) is 161 Å². The molecule has 0 radical (unpaired) electrons. The second-order valence-corrected chi connectivity index (χ2v) is 8.51. The normalized spacial score (nSPS) is 17.7. The molecule has 1 saturated carbocycles. The molecule has 0 saturated heterocycles. The van der Waals surface area contributed by atoms with Crippen molar-refractivity contribution in [2.24, 2.45) is 11.5 Å². The first-order chi connectivity index (χ1) is 16.5. The third-order valence-electron chi connectivity index (χ3n) is 5.94. The lowest BCUT2D eigenvalue weighted by Crippen LogP contribution is -2.43. The molecule has 1 aromatic carbocycles. The maximum Gasteiger partial charge on any atom is 0.252 e. The van der Waals surface area contributed by atoms with Crippen molar-refractivity contribution < 1.29 is 4.79 Å². The smallest absolute Gasteiger partial charge is 0.252 e. The first-order valence-corrected chi connectivity index (χ1v) is 11.5. The van der Waals surface area contributed by atoms with Gasteiger partial charge in [0.1, 0.15) is 17.7 Å². The van der Waals surface area contributed by atoms with Crippen LogP contribution in [0.5, 0.6) is 0 Å². The largest absolute Gasteiger partial charge is 0.365 e. The number of carbonyl (C=O) groups excluding carboxylic acids is 1. The van der Waals surface area contributed by atoms with Gasteiger partial charge in [-0.1, -0.05) is 32.3 Å². The van der Waals surface area contributed by atoms with Crippen molar-refractivity contribution in [1.29, 1.82) is 5.26 Å². The van der Waals surface area contributed by atoms with Crippen molar-refractivity contribution in [1.82, 2.24) is 20.0 Å². The van der Waals surface area contributed by atoms with E-state index in [-0.39, 0.29) is 29.0 Å². The van der Waals surface area contributed by atoms with Gasteiger partial charge < -0.3 is 22.1 Å². The summed E-state index contributed by atoms with van der Waals surface area (Å²) in [6.45, 7) is 2.09. The number of nitriles is 1. The summed E-state index contributed by atoms with van der Waals surface area (Å²) in [5.74, 6) is -0.0383. The van der Waals surface area contributed by atoms with E-state index in [1.807, 2.05) is 24.3 Å². The summed E-state index contributed by atoms with van der Waals surface area (Å²) in [5, 5.41) is 25.0. The van der Waals surface area contributed by atoms with E-state index in [4.69, 9.17) is 11.5 Å².